The van der Waals surface area contributed by atoms with Crippen LogP contribution in [0.15, 0.2) is 6.20 Å². The van der Waals surface area contributed by atoms with Gasteiger partial charge in [-0.3, -0.25) is 9.59 Å². The lowest BCUT2D eigenvalue weighted by atomic mass is 10.1. The van der Waals surface area contributed by atoms with Crippen LogP contribution in [0.1, 0.15) is 37.8 Å². The summed E-state index contributed by atoms with van der Waals surface area (Å²) in [6, 6.07) is 0. The number of rotatable bonds is 9. The highest BCUT2D eigenvalue weighted by Gasteiger charge is 2.15. The Hall–Kier alpha value is -1.22. The van der Waals surface area contributed by atoms with E-state index in [4.69, 9.17) is 5.73 Å². The molecule has 9 heteroatoms. The summed E-state index contributed by atoms with van der Waals surface area (Å²) in [6.07, 6.45) is 6.66. The van der Waals surface area contributed by atoms with Gasteiger partial charge in [0.25, 0.3) is 0 Å². The largest absolute Gasteiger partial charge is 0.368 e. The van der Waals surface area contributed by atoms with Crippen LogP contribution >= 0.6 is 21.6 Å². The van der Waals surface area contributed by atoms with Gasteiger partial charge in [0.05, 0.1) is 12.7 Å². The maximum absolute atomic E-state index is 11.7. The van der Waals surface area contributed by atoms with Crippen molar-refractivity contribution >= 4 is 33.4 Å². The maximum atomic E-state index is 11.7. The third-order valence-electron chi connectivity index (χ3n) is 3.28. The fourth-order valence-electron chi connectivity index (χ4n) is 2.16. The molecule has 0 radical (unpaired) electrons. The lowest BCUT2D eigenvalue weighted by molar-refractivity contribution is -0.121. The smallest absolute Gasteiger partial charge is 0.239 e. The minimum atomic E-state index is -0.473. The van der Waals surface area contributed by atoms with Crippen LogP contribution in [-0.2, 0) is 22.7 Å². The van der Waals surface area contributed by atoms with E-state index in [1.165, 1.54) is 23.3 Å². The van der Waals surface area contributed by atoms with Crippen molar-refractivity contribution < 1.29 is 9.59 Å². The van der Waals surface area contributed by atoms with E-state index in [1.807, 2.05) is 21.6 Å². The molecule has 1 saturated heterocycles. The molecular weight excluding hydrogens is 322 g/mol. The molecule has 1 aromatic heterocycles. The number of nitrogens with zero attached hydrogens (tertiary/aromatic N) is 3. The summed E-state index contributed by atoms with van der Waals surface area (Å²) in [6.45, 7) is 0.325. The molecular formula is C13H21N5O2S2. The molecule has 1 fully saturated rings. The highest BCUT2D eigenvalue weighted by molar-refractivity contribution is 8.77. The van der Waals surface area contributed by atoms with Crippen molar-refractivity contribution in [3.63, 3.8) is 0 Å². The van der Waals surface area contributed by atoms with E-state index in [1.54, 1.807) is 6.20 Å². The van der Waals surface area contributed by atoms with E-state index in [9.17, 15) is 9.59 Å². The third-order valence-corrected chi connectivity index (χ3v) is 6.28. The SMILES string of the molecule is NC(=O)Cn1cc(CNC(=O)CCCCC2CCSS2)nn1. The quantitative estimate of drug-likeness (QED) is 0.514. The van der Waals surface area contributed by atoms with Crippen LogP contribution in [0.4, 0.5) is 0 Å². The first-order valence-electron chi connectivity index (χ1n) is 7.36. The number of hydrogen-bond acceptors (Lipinski definition) is 6. The van der Waals surface area contributed by atoms with Gasteiger partial charge in [0.2, 0.25) is 11.8 Å². The molecule has 22 heavy (non-hydrogen) atoms. The summed E-state index contributed by atoms with van der Waals surface area (Å²) in [7, 11) is 3.93. The number of hydrogen-bond donors (Lipinski definition) is 2. The van der Waals surface area contributed by atoms with Crippen molar-refractivity contribution in [1.29, 1.82) is 0 Å². The summed E-state index contributed by atoms with van der Waals surface area (Å²) >= 11 is 0. The minimum Gasteiger partial charge on any atom is -0.368 e. The van der Waals surface area contributed by atoms with Gasteiger partial charge in [-0.15, -0.1) is 5.10 Å². The zero-order valence-corrected chi connectivity index (χ0v) is 14.0. The van der Waals surface area contributed by atoms with Gasteiger partial charge in [-0.1, -0.05) is 33.2 Å². The van der Waals surface area contributed by atoms with Gasteiger partial charge in [-0.25, -0.2) is 4.68 Å². The van der Waals surface area contributed by atoms with Crippen LogP contribution in [0.5, 0.6) is 0 Å². The lowest BCUT2D eigenvalue weighted by Gasteiger charge is -2.06. The Balaban J connectivity index is 1.56. The summed E-state index contributed by atoms with van der Waals surface area (Å²) in [5, 5.41) is 11.2. The molecule has 2 heterocycles. The average molecular weight is 343 g/mol. The first kappa shape index (κ1) is 17.1. The van der Waals surface area contributed by atoms with E-state index in [0.29, 0.717) is 18.7 Å². The zero-order chi connectivity index (χ0) is 15.8. The Kier molecular flexibility index (Phi) is 7.04. The number of nitrogens with two attached hydrogens (primary N) is 1. The average Bonchev–Trinajstić information content (AvgIpc) is 3.12. The second-order valence-electron chi connectivity index (χ2n) is 5.23. The summed E-state index contributed by atoms with van der Waals surface area (Å²) in [5.74, 6) is 0.809. The van der Waals surface area contributed by atoms with Crippen molar-refractivity contribution in [2.75, 3.05) is 5.75 Å². The van der Waals surface area contributed by atoms with Crippen molar-refractivity contribution in [2.24, 2.45) is 5.73 Å². The van der Waals surface area contributed by atoms with Crippen LogP contribution < -0.4 is 11.1 Å². The van der Waals surface area contributed by atoms with E-state index in [-0.39, 0.29) is 12.5 Å². The lowest BCUT2D eigenvalue weighted by Crippen LogP contribution is -2.22. The predicted molar refractivity (Wildman–Crippen MR) is 88.0 cm³/mol. The van der Waals surface area contributed by atoms with Crippen LogP contribution in [0.25, 0.3) is 0 Å². The van der Waals surface area contributed by atoms with Crippen LogP contribution in [0.3, 0.4) is 0 Å². The van der Waals surface area contributed by atoms with Crippen LogP contribution in [0, 0.1) is 0 Å². The fourth-order valence-corrected chi connectivity index (χ4v) is 5.18. The number of carbonyl (C=O) groups is 2. The van der Waals surface area contributed by atoms with Gasteiger partial charge in [0.1, 0.15) is 12.2 Å². The minimum absolute atomic E-state index is 0.00158. The third kappa shape index (κ3) is 6.27. The van der Waals surface area contributed by atoms with E-state index in [2.05, 4.69) is 15.6 Å². The second kappa shape index (κ2) is 9.04. The summed E-state index contributed by atoms with van der Waals surface area (Å²) in [5.41, 5.74) is 5.69. The monoisotopic (exact) mass is 343 g/mol. The molecule has 3 N–H and O–H groups in total. The van der Waals surface area contributed by atoms with E-state index < -0.39 is 5.91 Å². The van der Waals surface area contributed by atoms with Gasteiger partial charge in [0, 0.05) is 17.4 Å². The first-order valence-corrected chi connectivity index (χ1v) is 9.74. The molecule has 2 amide bonds. The van der Waals surface area contributed by atoms with Gasteiger partial charge in [-0.2, -0.15) is 0 Å². The molecule has 0 aromatic carbocycles. The molecule has 1 unspecified atom stereocenters. The highest BCUT2D eigenvalue weighted by Crippen LogP contribution is 2.39. The molecule has 122 valence electrons. The number of aromatic nitrogens is 3. The van der Waals surface area contributed by atoms with Crippen molar-refractivity contribution in [2.45, 2.75) is 50.4 Å². The normalized spacial score (nSPS) is 17.5. The number of amides is 2. The number of unbranched alkanes of at least 4 members (excludes halogenated alkanes) is 1. The van der Waals surface area contributed by atoms with Gasteiger partial charge >= 0.3 is 0 Å². The molecule has 7 nitrogen and oxygen atoms in total. The highest BCUT2D eigenvalue weighted by atomic mass is 33.1. The standard InChI is InChI=1S/C13H21N5O2S2/c14-12(19)9-18-8-10(16-17-18)7-15-13(20)4-2-1-3-11-5-6-21-22-11/h8,11H,1-7,9H2,(H2,14,19)(H,15,20). The number of carbonyl (C=O) groups excluding carboxylic acids is 2. The molecule has 0 spiro atoms. The summed E-state index contributed by atoms with van der Waals surface area (Å²) < 4.78 is 1.36. The first-order chi connectivity index (χ1) is 10.6. The molecule has 1 atom stereocenters. The Morgan fingerprint density at radius 2 is 2.32 bits per heavy atom. The van der Waals surface area contributed by atoms with E-state index >= 15 is 0 Å². The van der Waals surface area contributed by atoms with Crippen molar-refractivity contribution in [3.05, 3.63) is 11.9 Å². The van der Waals surface area contributed by atoms with Gasteiger partial charge in [-0.05, 0) is 19.3 Å². The van der Waals surface area contributed by atoms with Crippen molar-refractivity contribution in [1.82, 2.24) is 20.3 Å². The zero-order valence-electron chi connectivity index (χ0n) is 12.4. The second-order valence-corrected chi connectivity index (χ2v) is 8.01. The predicted octanol–water partition coefficient (Wildman–Crippen LogP) is 1.09. The number of nitrogens with one attached hydrogen (secondary N) is 1. The molecule has 1 aliphatic rings. The van der Waals surface area contributed by atoms with Crippen LogP contribution in [-0.4, -0.2) is 37.8 Å². The van der Waals surface area contributed by atoms with Gasteiger partial charge in [0.15, 0.2) is 0 Å². The molecule has 1 aromatic rings. The molecule has 1 aliphatic heterocycles. The molecule has 0 bridgehead atoms. The molecule has 0 aliphatic carbocycles. The fraction of sp³-hybridized carbons (Fsp3) is 0.692. The maximum Gasteiger partial charge on any atom is 0.239 e. The Morgan fingerprint density at radius 3 is 3.05 bits per heavy atom. The van der Waals surface area contributed by atoms with Crippen molar-refractivity contribution in [3.8, 4) is 0 Å². The molecule has 2 rings (SSSR count). The molecule has 0 saturated carbocycles. The van der Waals surface area contributed by atoms with E-state index in [0.717, 1.165) is 18.1 Å². The summed E-state index contributed by atoms with van der Waals surface area (Å²) in [4.78, 5) is 22.5. The van der Waals surface area contributed by atoms with Crippen LogP contribution in [0.2, 0.25) is 0 Å². The Bertz CT molecular complexity index is 502. The number of primary amides is 1. The Morgan fingerprint density at radius 1 is 1.45 bits per heavy atom. The van der Waals surface area contributed by atoms with Gasteiger partial charge < -0.3 is 11.1 Å². The topological polar surface area (TPSA) is 103 Å². The Labute approximate surface area is 137 Å².